The number of fused-ring (bicyclic) bond motifs is 2. The third kappa shape index (κ3) is 11.1. The topological polar surface area (TPSA) is 179 Å². The fourth-order valence-electron chi connectivity index (χ4n) is 6.02. The van der Waals surface area contributed by atoms with E-state index in [1.807, 2.05) is 66.7 Å². The minimum absolute atomic E-state index is 0.0272. The lowest BCUT2D eigenvalue weighted by Crippen LogP contribution is -2.58. The Kier molecular flexibility index (Phi) is 12.6. The number of hydrogen-bond donors (Lipinski definition) is 6. The summed E-state index contributed by atoms with van der Waals surface area (Å²) in [6.45, 7) is 5.17. The van der Waals surface area contributed by atoms with Crippen LogP contribution in [-0.4, -0.2) is 70.1 Å². The quantitative estimate of drug-likeness (QED) is 0.0881. The summed E-state index contributed by atoms with van der Waals surface area (Å²) < 4.78 is 18.8. The largest absolute Gasteiger partial charge is 0.481 e. The molecule has 1 heterocycles. The van der Waals surface area contributed by atoms with E-state index in [-0.39, 0.29) is 19.4 Å². The van der Waals surface area contributed by atoms with Gasteiger partial charge in [0.1, 0.15) is 29.5 Å². The summed E-state index contributed by atoms with van der Waals surface area (Å²) in [5.41, 5.74) is 2.13. The molecule has 4 aromatic carbocycles. The number of halogens is 1. The van der Waals surface area contributed by atoms with Crippen molar-refractivity contribution in [2.75, 3.05) is 6.54 Å². The minimum atomic E-state index is -1.49. The summed E-state index contributed by atoms with van der Waals surface area (Å²) >= 11 is 0. The van der Waals surface area contributed by atoms with Crippen LogP contribution in [0.25, 0.3) is 21.7 Å². The monoisotopic (exact) mass is 737 g/mol. The van der Waals surface area contributed by atoms with Gasteiger partial charge >= 0.3 is 12.1 Å². The van der Waals surface area contributed by atoms with E-state index in [0.29, 0.717) is 12.0 Å². The number of benzene rings is 4. The molecule has 0 bridgehead atoms. The number of H-pyrrole nitrogens is 1. The predicted molar refractivity (Wildman–Crippen MR) is 202 cm³/mol. The highest BCUT2D eigenvalue weighted by molar-refractivity contribution is 5.96. The second-order valence-corrected chi connectivity index (χ2v) is 14.0. The molecule has 282 valence electrons. The molecular formula is C41H44FN5O7. The molecule has 0 aliphatic rings. The van der Waals surface area contributed by atoms with Gasteiger partial charge in [0.25, 0.3) is 0 Å². The van der Waals surface area contributed by atoms with Crippen LogP contribution in [-0.2, 0) is 43.2 Å². The molecule has 0 radical (unpaired) electrons. The third-order valence-electron chi connectivity index (χ3n) is 8.63. The first-order chi connectivity index (χ1) is 25.7. The number of carboxylic acid groups (broad SMARTS) is 1. The highest BCUT2D eigenvalue weighted by atomic mass is 19.1. The van der Waals surface area contributed by atoms with Gasteiger partial charge in [-0.2, -0.15) is 0 Å². The lowest BCUT2D eigenvalue weighted by molar-refractivity contribution is -0.141. The molecule has 12 nitrogen and oxygen atoms in total. The van der Waals surface area contributed by atoms with Crippen molar-refractivity contribution in [2.45, 2.75) is 70.2 Å². The number of carboxylic acids is 1. The molecule has 5 aromatic rings. The standard InChI is InChI=1S/C41H44FN5O7/c1-41(2,3)54-40(53)47-34(22-29-24-44-32-11-7-6-10-31(29)32)39(52)45-33(21-26-12-15-27-8-4-5-9-28(27)20-26)38(51)46-35(23-36(48)49)37(50)43-19-18-25-13-16-30(42)17-14-25/h4-17,20,24,33-35,44H,18-19,21-23H2,1-3H3,(H,43,50)(H,45,52)(H,46,51)(H,47,53)(H,48,49)/t33-,34-,35-/m0/s1. The van der Waals surface area contributed by atoms with Crippen LogP contribution in [0.4, 0.5) is 9.18 Å². The number of alkyl carbamates (subject to hydrolysis) is 1. The van der Waals surface area contributed by atoms with Gasteiger partial charge in [-0.1, -0.05) is 72.8 Å². The lowest BCUT2D eigenvalue weighted by Gasteiger charge is -2.26. The molecule has 0 fully saturated rings. The van der Waals surface area contributed by atoms with E-state index in [2.05, 4.69) is 26.3 Å². The Hall–Kier alpha value is -6.24. The van der Waals surface area contributed by atoms with Crippen LogP contribution in [0.2, 0.25) is 0 Å². The summed E-state index contributed by atoms with van der Waals surface area (Å²) in [6, 6.07) is 22.4. The second kappa shape index (κ2) is 17.5. The van der Waals surface area contributed by atoms with Crippen LogP contribution in [0, 0.1) is 5.82 Å². The number of ether oxygens (including phenoxy) is 1. The Morgan fingerprint density at radius 1 is 0.741 bits per heavy atom. The molecule has 0 aliphatic carbocycles. The summed E-state index contributed by atoms with van der Waals surface area (Å²) in [4.78, 5) is 69.4. The summed E-state index contributed by atoms with van der Waals surface area (Å²) in [7, 11) is 0. The Morgan fingerprint density at radius 2 is 1.37 bits per heavy atom. The molecule has 13 heteroatoms. The summed E-state index contributed by atoms with van der Waals surface area (Å²) in [6.07, 6.45) is 0.526. The van der Waals surface area contributed by atoms with Crippen LogP contribution >= 0.6 is 0 Å². The number of rotatable bonds is 15. The van der Waals surface area contributed by atoms with Gasteiger partial charge in [-0.05, 0) is 72.9 Å². The van der Waals surface area contributed by atoms with E-state index in [1.165, 1.54) is 12.1 Å². The SMILES string of the molecule is CC(C)(C)OC(=O)N[C@@H](Cc1c[nH]c2ccccc12)C(=O)N[C@@H](Cc1ccc2ccccc2c1)C(=O)N[C@@H](CC(=O)O)C(=O)NCCc1ccc(F)cc1. The number of aliphatic carboxylic acids is 1. The van der Waals surface area contributed by atoms with Crippen molar-refractivity contribution in [3.05, 3.63) is 120 Å². The summed E-state index contributed by atoms with van der Waals surface area (Å²) in [5, 5.41) is 22.9. The number of amides is 4. The van der Waals surface area contributed by atoms with E-state index in [4.69, 9.17) is 4.74 Å². The van der Waals surface area contributed by atoms with Crippen molar-refractivity contribution >= 4 is 51.5 Å². The Bertz CT molecular complexity index is 2130. The molecule has 0 aliphatic heterocycles. The van der Waals surface area contributed by atoms with Crippen molar-refractivity contribution in [1.82, 2.24) is 26.3 Å². The fourth-order valence-corrected chi connectivity index (χ4v) is 6.02. The second-order valence-electron chi connectivity index (χ2n) is 14.0. The Balaban J connectivity index is 1.39. The highest BCUT2D eigenvalue weighted by Crippen LogP contribution is 2.21. The molecule has 5 rings (SSSR count). The first-order valence-electron chi connectivity index (χ1n) is 17.6. The molecule has 3 atom stereocenters. The molecular weight excluding hydrogens is 693 g/mol. The van der Waals surface area contributed by atoms with E-state index < -0.39 is 65.7 Å². The first-order valence-corrected chi connectivity index (χ1v) is 17.6. The zero-order chi connectivity index (χ0) is 38.8. The number of nitrogens with one attached hydrogen (secondary N) is 5. The normalized spacial score (nSPS) is 13.0. The average molecular weight is 738 g/mol. The smallest absolute Gasteiger partial charge is 0.408 e. The maximum atomic E-state index is 14.2. The average Bonchev–Trinajstić information content (AvgIpc) is 3.53. The van der Waals surface area contributed by atoms with Crippen molar-refractivity contribution < 1.29 is 38.2 Å². The van der Waals surface area contributed by atoms with Crippen molar-refractivity contribution in [3.8, 4) is 0 Å². The number of aromatic nitrogens is 1. The van der Waals surface area contributed by atoms with E-state index in [1.54, 1.807) is 39.1 Å². The van der Waals surface area contributed by atoms with E-state index in [9.17, 15) is 33.5 Å². The molecule has 0 spiro atoms. The van der Waals surface area contributed by atoms with Crippen LogP contribution in [0.3, 0.4) is 0 Å². The summed E-state index contributed by atoms with van der Waals surface area (Å²) in [5.74, 6) is -3.98. The Morgan fingerprint density at radius 3 is 2.07 bits per heavy atom. The van der Waals surface area contributed by atoms with Gasteiger partial charge in [-0.15, -0.1) is 0 Å². The molecule has 6 N–H and O–H groups in total. The van der Waals surface area contributed by atoms with Gasteiger partial charge in [0.2, 0.25) is 17.7 Å². The van der Waals surface area contributed by atoms with Gasteiger partial charge in [0.05, 0.1) is 6.42 Å². The van der Waals surface area contributed by atoms with Gasteiger partial charge in [-0.3, -0.25) is 19.2 Å². The number of carbonyl (C=O) groups is 5. The third-order valence-corrected chi connectivity index (χ3v) is 8.63. The molecule has 54 heavy (non-hydrogen) atoms. The molecule has 0 saturated carbocycles. The molecule has 1 aromatic heterocycles. The molecule has 0 unspecified atom stereocenters. The van der Waals surface area contributed by atoms with Crippen LogP contribution in [0.15, 0.2) is 97.2 Å². The number of carbonyl (C=O) groups excluding carboxylic acids is 4. The van der Waals surface area contributed by atoms with Gasteiger partial charge in [-0.25, -0.2) is 9.18 Å². The Labute approximate surface area is 311 Å². The van der Waals surface area contributed by atoms with Gasteiger partial charge in [0.15, 0.2) is 0 Å². The van der Waals surface area contributed by atoms with Gasteiger partial charge < -0.3 is 36.1 Å². The van der Waals surface area contributed by atoms with Crippen molar-refractivity contribution in [3.63, 3.8) is 0 Å². The van der Waals surface area contributed by atoms with Crippen LogP contribution in [0.5, 0.6) is 0 Å². The van der Waals surface area contributed by atoms with Crippen molar-refractivity contribution in [2.24, 2.45) is 0 Å². The number of para-hydroxylation sites is 1. The molecule has 4 amide bonds. The lowest BCUT2D eigenvalue weighted by atomic mass is 9.99. The highest BCUT2D eigenvalue weighted by Gasteiger charge is 2.32. The van der Waals surface area contributed by atoms with Crippen LogP contribution < -0.4 is 21.3 Å². The molecule has 0 saturated heterocycles. The maximum Gasteiger partial charge on any atom is 0.408 e. The zero-order valence-electron chi connectivity index (χ0n) is 30.3. The number of aromatic amines is 1. The predicted octanol–water partition coefficient (Wildman–Crippen LogP) is 4.94. The first kappa shape index (κ1) is 39.0. The van der Waals surface area contributed by atoms with Crippen molar-refractivity contribution in [1.29, 1.82) is 0 Å². The number of hydrogen-bond acceptors (Lipinski definition) is 6. The minimum Gasteiger partial charge on any atom is -0.481 e. The van der Waals surface area contributed by atoms with Gasteiger partial charge in [0, 0.05) is 36.5 Å². The van der Waals surface area contributed by atoms with E-state index in [0.717, 1.165) is 32.8 Å². The van der Waals surface area contributed by atoms with Crippen LogP contribution in [0.1, 0.15) is 43.9 Å². The maximum absolute atomic E-state index is 14.2. The fraction of sp³-hybridized carbons (Fsp3) is 0.293. The van der Waals surface area contributed by atoms with E-state index >= 15 is 0 Å². The zero-order valence-corrected chi connectivity index (χ0v) is 30.3.